The third-order valence-electron chi connectivity index (χ3n) is 6.30. The highest BCUT2D eigenvalue weighted by Crippen LogP contribution is 2.31. The molecular weight excluding hydrogens is 459 g/mol. The molecule has 1 aliphatic rings. The molecule has 0 saturated carbocycles. The SMILES string of the molecule is C/C=C/c1cc(Nc2cc(N3CCN(C(C)C)CC3)nc(Oc3ccc4[nH]c(C)cc4c3F)n2)n[nH]1. The molecule has 0 unspecified atom stereocenters. The molecule has 1 fully saturated rings. The van der Waals surface area contributed by atoms with Crippen molar-refractivity contribution in [3.63, 3.8) is 0 Å². The van der Waals surface area contributed by atoms with Gasteiger partial charge in [-0.3, -0.25) is 10.00 Å². The summed E-state index contributed by atoms with van der Waals surface area (Å²) in [6.07, 6.45) is 3.86. The van der Waals surface area contributed by atoms with E-state index in [0.29, 0.717) is 34.4 Å². The van der Waals surface area contributed by atoms with E-state index in [-0.39, 0.29) is 11.8 Å². The minimum Gasteiger partial charge on any atom is -0.421 e. The van der Waals surface area contributed by atoms with Crippen molar-refractivity contribution in [3.8, 4) is 11.8 Å². The zero-order valence-corrected chi connectivity index (χ0v) is 21.0. The third-order valence-corrected chi connectivity index (χ3v) is 6.30. The largest absolute Gasteiger partial charge is 0.421 e. The maximum Gasteiger partial charge on any atom is 0.326 e. The van der Waals surface area contributed by atoms with Crippen molar-refractivity contribution in [2.24, 2.45) is 0 Å². The van der Waals surface area contributed by atoms with E-state index in [1.807, 2.05) is 38.1 Å². The zero-order chi connectivity index (χ0) is 25.2. The Hall–Kier alpha value is -3.92. The van der Waals surface area contributed by atoms with Crippen LogP contribution >= 0.6 is 0 Å². The summed E-state index contributed by atoms with van der Waals surface area (Å²) in [5.41, 5.74) is 2.46. The number of hydrogen-bond acceptors (Lipinski definition) is 7. The number of halogens is 1. The van der Waals surface area contributed by atoms with Crippen LogP contribution < -0.4 is 15.0 Å². The number of aryl methyl sites for hydroxylation is 1. The molecule has 10 heteroatoms. The molecule has 36 heavy (non-hydrogen) atoms. The van der Waals surface area contributed by atoms with E-state index in [0.717, 1.165) is 37.6 Å². The molecule has 0 amide bonds. The summed E-state index contributed by atoms with van der Waals surface area (Å²) in [5, 5.41) is 10.9. The fourth-order valence-corrected chi connectivity index (χ4v) is 4.41. The van der Waals surface area contributed by atoms with Gasteiger partial charge >= 0.3 is 6.01 Å². The Morgan fingerprint density at radius 3 is 2.64 bits per heavy atom. The third kappa shape index (κ3) is 5.03. The molecular formula is C26H31FN8O. The van der Waals surface area contributed by atoms with Crippen molar-refractivity contribution >= 4 is 34.4 Å². The van der Waals surface area contributed by atoms with E-state index in [2.05, 4.69) is 54.1 Å². The maximum absolute atomic E-state index is 15.2. The van der Waals surface area contributed by atoms with Gasteiger partial charge in [0.25, 0.3) is 0 Å². The summed E-state index contributed by atoms with van der Waals surface area (Å²) in [6, 6.07) is 9.46. The molecule has 4 aromatic rings. The second kappa shape index (κ2) is 9.98. The van der Waals surface area contributed by atoms with Gasteiger partial charge in [0.2, 0.25) is 0 Å². The average Bonchev–Trinajstić information content (AvgIpc) is 3.47. The molecule has 0 aliphatic carbocycles. The molecule has 0 radical (unpaired) electrons. The Balaban J connectivity index is 1.46. The number of allylic oxidation sites excluding steroid dienone is 1. The van der Waals surface area contributed by atoms with Crippen LogP contribution in [-0.4, -0.2) is 62.3 Å². The fraction of sp³-hybridized carbons (Fsp3) is 0.346. The summed E-state index contributed by atoms with van der Waals surface area (Å²) >= 11 is 0. The van der Waals surface area contributed by atoms with Gasteiger partial charge in [-0.05, 0) is 52.0 Å². The minimum atomic E-state index is -0.450. The van der Waals surface area contributed by atoms with Crippen LogP contribution in [0.5, 0.6) is 11.8 Å². The van der Waals surface area contributed by atoms with Gasteiger partial charge in [-0.25, -0.2) is 4.39 Å². The monoisotopic (exact) mass is 490 g/mol. The van der Waals surface area contributed by atoms with Crippen LogP contribution in [0.2, 0.25) is 0 Å². The Kier molecular flexibility index (Phi) is 6.60. The first kappa shape index (κ1) is 23.8. The van der Waals surface area contributed by atoms with Gasteiger partial charge in [0.15, 0.2) is 17.4 Å². The molecule has 0 spiro atoms. The van der Waals surface area contributed by atoms with Crippen LogP contribution in [0, 0.1) is 12.7 Å². The molecule has 5 rings (SSSR count). The second-order valence-corrected chi connectivity index (χ2v) is 9.24. The number of aromatic amines is 2. The van der Waals surface area contributed by atoms with E-state index in [9.17, 15) is 0 Å². The predicted octanol–water partition coefficient (Wildman–Crippen LogP) is 5.23. The number of nitrogens with one attached hydrogen (secondary N) is 3. The summed E-state index contributed by atoms with van der Waals surface area (Å²) in [6.45, 7) is 11.8. The highest BCUT2D eigenvalue weighted by atomic mass is 19.1. The van der Waals surface area contributed by atoms with Gasteiger partial charge in [0.1, 0.15) is 11.6 Å². The van der Waals surface area contributed by atoms with Gasteiger partial charge in [-0.2, -0.15) is 15.1 Å². The summed E-state index contributed by atoms with van der Waals surface area (Å²) in [7, 11) is 0. The average molecular weight is 491 g/mol. The molecule has 4 heterocycles. The molecule has 0 bridgehead atoms. The topological polar surface area (TPSA) is 98.0 Å². The van der Waals surface area contributed by atoms with E-state index >= 15 is 4.39 Å². The minimum absolute atomic E-state index is 0.0658. The standard InChI is InChI=1S/C26H31FN8O/c1-5-6-18-14-23(33-32-18)29-22-15-24(35-11-9-34(10-12-35)16(2)3)31-26(30-22)36-21-8-7-20-19(25(21)27)13-17(4)28-20/h5-8,13-16,28H,9-12H2,1-4H3,(H2,29,30,31,32,33)/b6-5+. The lowest BCUT2D eigenvalue weighted by molar-refractivity contribution is 0.209. The van der Waals surface area contributed by atoms with E-state index < -0.39 is 5.82 Å². The predicted molar refractivity (Wildman–Crippen MR) is 141 cm³/mol. The summed E-state index contributed by atoms with van der Waals surface area (Å²) < 4.78 is 21.1. The zero-order valence-electron chi connectivity index (χ0n) is 21.0. The van der Waals surface area contributed by atoms with Crippen molar-refractivity contribution < 1.29 is 9.13 Å². The highest BCUT2D eigenvalue weighted by Gasteiger charge is 2.22. The van der Waals surface area contributed by atoms with E-state index in [4.69, 9.17) is 4.74 Å². The lowest BCUT2D eigenvalue weighted by Gasteiger charge is -2.37. The van der Waals surface area contributed by atoms with Crippen LogP contribution in [-0.2, 0) is 0 Å². The van der Waals surface area contributed by atoms with Gasteiger partial charge in [-0.1, -0.05) is 6.08 Å². The molecule has 1 saturated heterocycles. The maximum atomic E-state index is 15.2. The molecule has 1 aromatic carbocycles. The quantitative estimate of drug-likeness (QED) is 0.326. The number of hydrogen-bond donors (Lipinski definition) is 3. The lowest BCUT2D eigenvalue weighted by atomic mass is 10.2. The Labute approximate surface area is 209 Å². The number of fused-ring (bicyclic) bond motifs is 1. The van der Waals surface area contributed by atoms with Crippen LogP contribution in [0.15, 0.2) is 36.4 Å². The summed E-state index contributed by atoms with van der Waals surface area (Å²) in [4.78, 5) is 16.9. The Morgan fingerprint density at radius 2 is 1.89 bits per heavy atom. The molecule has 0 atom stereocenters. The smallest absolute Gasteiger partial charge is 0.326 e. The first-order chi connectivity index (χ1) is 17.4. The molecule has 1 aliphatic heterocycles. The molecule has 3 N–H and O–H groups in total. The van der Waals surface area contributed by atoms with Crippen molar-refractivity contribution in [2.75, 3.05) is 36.4 Å². The number of nitrogens with zero attached hydrogens (tertiary/aromatic N) is 5. The van der Waals surface area contributed by atoms with Crippen LogP contribution in [0.4, 0.5) is 21.8 Å². The van der Waals surface area contributed by atoms with Crippen molar-refractivity contribution in [2.45, 2.75) is 33.7 Å². The number of H-pyrrole nitrogens is 2. The van der Waals surface area contributed by atoms with Crippen LogP contribution in [0.1, 0.15) is 32.2 Å². The number of benzene rings is 1. The van der Waals surface area contributed by atoms with Crippen LogP contribution in [0.3, 0.4) is 0 Å². The van der Waals surface area contributed by atoms with Gasteiger partial charge in [0, 0.05) is 61.0 Å². The van der Waals surface area contributed by atoms with Gasteiger partial charge in [0.05, 0.1) is 5.69 Å². The fourth-order valence-electron chi connectivity index (χ4n) is 4.41. The lowest BCUT2D eigenvalue weighted by Crippen LogP contribution is -2.49. The van der Waals surface area contributed by atoms with E-state index in [1.54, 1.807) is 18.2 Å². The van der Waals surface area contributed by atoms with Gasteiger partial charge < -0.3 is 19.9 Å². The Morgan fingerprint density at radius 1 is 1.08 bits per heavy atom. The Bertz CT molecular complexity index is 1380. The van der Waals surface area contributed by atoms with Crippen molar-refractivity contribution in [3.05, 3.63) is 53.6 Å². The molecule has 9 nitrogen and oxygen atoms in total. The first-order valence-electron chi connectivity index (χ1n) is 12.2. The first-order valence-corrected chi connectivity index (χ1v) is 12.2. The summed E-state index contributed by atoms with van der Waals surface area (Å²) in [5.74, 6) is 1.46. The van der Waals surface area contributed by atoms with Crippen molar-refractivity contribution in [1.29, 1.82) is 0 Å². The highest BCUT2D eigenvalue weighted by molar-refractivity contribution is 5.82. The number of anilines is 3. The van der Waals surface area contributed by atoms with Crippen molar-refractivity contribution in [1.82, 2.24) is 30.0 Å². The normalized spacial score (nSPS) is 14.9. The number of piperazine rings is 1. The number of aromatic nitrogens is 5. The number of ether oxygens (including phenoxy) is 1. The van der Waals surface area contributed by atoms with Crippen LogP contribution in [0.25, 0.3) is 17.0 Å². The molecule has 3 aromatic heterocycles. The number of rotatable bonds is 7. The molecule has 188 valence electrons. The second-order valence-electron chi connectivity index (χ2n) is 9.24. The van der Waals surface area contributed by atoms with Gasteiger partial charge in [-0.15, -0.1) is 0 Å². The van der Waals surface area contributed by atoms with E-state index in [1.165, 1.54) is 0 Å².